The quantitative estimate of drug-likeness (QED) is 0.691. The van der Waals surface area contributed by atoms with Gasteiger partial charge in [0.25, 0.3) is 0 Å². The Morgan fingerprint density at radius 3 is 2.63 bits per heavy atom. The minimum atomic E-state index is -2.91. The van der Waals surface area contributed by atoms with Crippen molar-refractivity contribution in [2.24, 2.45) is 0 Å². The monoisotopic (exact) mass is 373 g/mol. The number of para-hydroxylation sites is 1. The van der Waals surface area contributed by atoms with E-state index in [0.717, 1.165) is 24.2 Å². The minimum absolute atomic E-state index is 0.000568. The molecule has 0 aliphatic carbocycles. The summed E-state index contributed by atoms with van der Waals surface area (Å²) in [6, 6.07) is 14.1. The first-order valence-corrected chi connectivity index (χ1v) is 8.75. The molecular weight excluding hydrogens is 352 g/mol. The third-order valence-corrected chi connectivity index (χ3v) is 4.58. The summed E-state index contributed by atoms with van der Waals surface area (Å²) in [7, 11) is 1.61. The Morgan fingerprint density at radius 2 is 1.93 bits per heavy atom. The molecule has 0 aromatic heterocycles. The zero-order valence-corrected chi connectivity index (χ0v) is 15.0. The van der Waals surface area contributed by atoms with Crippen molar-refractivity contribution >= 4 is 12.0 Å². The number of methoxy groups -OCH3 is 1. The summed E-state index contributed by atoms with van der Waals surface area (Å²) in [5, 5.41) is 0. The van der Waals surface area contributed by atoms with E-state index >= 15 is 0 Å². The highest BCUT2D eigenvalue weighted by Crippen LogP contribution is 2.33. The van der Waals surface area contributed by atoms with Crippen LogP contribution in [0.5, 0.6) is 11.5 Å². The summed E-state index contributed by atoms with van der Waals surface area (Å²) in [5.41, 5.74) is 1.49. The molecule has 6 heteroatoms. The van der Waals surface area contributed by atoms with Crippen LogP contribution in [0, 0.1) is 0 Å². The number of carbonyl (C=O) groups is 1. The van der Waals surface area contributed by atoms with E-state index in [1.807, 2.05) is 24.3 Å². The number of hydrogen-bond donors (Lipinski definition) is 0. The lowest BCUT2D eigenvalue weighted by molar-refractivity contribution is -0.126. The smallest absolute Gasteiger partial charge is 0.387 e. The van der Waals surface area contributed by atoms with Crippen molar-refractivity contribution in [3.63, 3.8) is 0 Å². The molecule has 1 amide bonds. The van der Waals surface area contributed by atoms with E-state index in [2.05, 4.69) is 4.74 Å². The molecule has 0 bridgehead atoms. The topological polar surface area (TPSA) is 38.8 Å². The Bertz CT molecular complexity index is 805. The Labute approximate surface area is 157 Å². The lowest BCUT2D eigenvalue weighted by atomic mass is 10.0. The maximum atomic E-state index is 12.7. The van der Waals surface area contributed by atoms with Crippen molar-refractivity contribution in [2.75, 3.05) is 13.7 Å². The molecule has 1 atom stereocenters. The normalized spacial score (nSPS) is 16.9. The number of carbonyl (C=O) groups excluding carboxylic acids is 1. The number of halogens is 2. The van der Waals surface area contributed by atoms with Gasteiger partial charge >= 0.3 is 6.61 Å². The van der Waals surface area contributed by atoms with Crippen LogP contribution in [-0.2, 0) is 4.79 Å². The Kier molecular flexibility index (Phi) is 6.06. The van der Waals surface area contributed by atoms with Crippen LogP contribution < -0.4 is 9.47 Å². The molecule has 4 nitrogen and oxygen atoms in total. The summed E-state index contributed by atoms with van der Waals surface area (Å²) >= 11 is 0. The predicted molar refractivity (Wildman–Crippen MR) is 98.8 cm³/mol. The van der Waals surface area contributed by atoms with Gasteiger partial charge in [0.2, 0.25) is 5.91 Å². The molecule has 3 rings (SSSR count). The van der Waals surface area contributed by atoms with Crippen LogP contribution in [0.2, 0.25) is 0 Å². The number of alkyl halides is 2. The Balaban J connectivity index is 1.74. The standard InChI is InChI=1S/C21H21F2NO3/c1-26-17-11-8-15(9-12-17)18-6-4-14-24(18)20(25)13-10-16-5-2-3-7-19(16)27-21(22)23/h2-3,5,7-13,18,21H,4,6,14H2,1H3/b13-10-/t18-/m1/s1. The van der Waals surface area contributed by atoms with Gasteiger partial charge in [-0.1, -0.05) is 30.3 Å². The van der Waals surface area contributed by atoms with Gasteiger partial charge in [-0.25, -0.2) is 0 Å². The fourth-order valence-electron chi connectivity index (χ4n) is 3.28. The summed E-state index contributed by atoms with van der Waals surface area (Å²) in [6.07, 6.45) is 4.73. The van der Waals surface area contributed by atoms with Gasteiger partial charge in [-0.15, -0.1) is 0 Å². The van der Waals surface area contributed by atoms with Crippen molar-refractivity contribution < 1.29 is 23.0 Å². The molecule has 142 valence electrons. The Morgan fingerprint density at radius 1 is 1.19 bits per heavy atom. The average Bonchev–Trinajstić information content (AvgIpc) is 3.16. The second-order valence-corrected chi connectivity index (χ2v) is 6.21. The molecule has 1 aliphatic rings. The molecule has 0 radical (unpaired) electrons. The first-order chi connectivity index (χ1) is 13.1. The van der Waals surface area contributed by atoms with Crippen LogP contribution in [0.3, 0.4) is 0 Å². The number of nitrogens with zero attached hydrogens (tertiary/aromatic N) is 1. The molecule has 0 saturated carbocycles. The second-order valence-electron chi connectivity index (χ2n) is 6.21. The van der Waals surface area contributed by atoms with Crippen LogP contribution in [0.25, 0.3) is 6.08 Å². The van der Waals surface area contributed by atoms with Gasteiger partial charge in [-0.3, -0.25) is 4.79 Å². The molecule has 0 N–H and O–H groups in total. The molecule has 2 aromatic carbocycles. The summed E-state index contributed by atoms with van der Waals surface area (Å²) < 4.78 is 34.7. The molecule has 1 fully saturated rings. The van der Waals surface area contributed by atoms with Crippen LogP contribution in [0.1, 0.15) is 30.0 Å². The van der Waals surface area contributed by atoms with Crippen molar-refractivity contribution in [2.45, 2.75) is 25.5 Å². The predicted octanol–water partition coefficient (Wildman–Crippen LogP) is 4.67. The molecule has 2 aromatic rings. The largest absolute Gasteiger partial charge is 0.497 e. The Hall–Kier alpha value is -2.89. The molecule has 0 unspecified atom stereocenters. The molecule has 0 spiro atoms. The number of rotatable bonds is 6. The van der Waals surface area contributed by atoms with Crippen molar-refractivity contribution in [1.29, 1.82) is 0 Å². The zero-order chi connectivity index (χ0) is 19.2. The third-order valence-electron chi connectivity index (χ3n) is 4.58. The number of benzene rings is 2. The van der Waals surface area contributed by atoms with E-state index in [1.165, 1.54) is 18.2 Å². The summed E-state index contributed by atoms with van der Waals surface area (Å²) in [6.45, 7) is -2.25. The highest BCUT2D eigenvalue weighted by molar-refractivity contribution is 5.92. The maximum Gasteiger partial charge on any atom is 0.387 e. The van der Waals surface area contributed by atoms with Gasteiger partial charge in [0, 0.05) is 18.2 Å². The average molecular weight is 373 g/mol. The van der Waals surface area contributed by atoms with E-state index in [0.29, 0.717) is 12.1 Å². The number of likely N-dealkylation sites (tertiary alicyclic amines) is 1. The summed E-state index contributed by atoms with van der Waals surface area (Å²) in [4.78, 5) is 14.5. The fraction of sp³-hybridized carbons (Fsp3) is 0.286. The van der Waals surface area contributed by atoms with E-state index in [-0.39, 0.29) is 17.7 Å². The lowest BCUT2D eigenvalue weighted by Gasteiger charge is -2.24. The molecule has 1 aliphatic heterocycles. The van der Waals surface area contributed by atoms with Crippen molar-refractivity contribution in [3.8, 4) is 11.5 Å². The molecule has 1 saturated heterocycles. The van der Waals surface area contributed by atoms with Gasteiger partial charge in [0.1, 0.15) is 11.5 Å². The van der Waals surface area contributed by atoms with Crippen molar-refractivity contribution in [3.05, 3.63) is 65.7 Å². The third kappa shape index (κ3) is 4.64. The first kappa shape index (κ1) is 18.9. The zero-order valence-electron chi connectivity index (χ0n) is 15.0. The number of amides is 1. The lowest BCUT2D eigenvalue weighted by Crippen LogP contribution is -2.28. The van der Waals surface area contributed by atoms with Crippen LogP contribution >= 0.6 is 0 Å². The van der Waals surface area contributed by atoms with Crippen LogP contribution in [-0.4, -0.2) is 31.1 Å². The van der Waals surface area contributed by atoms with E-state index in [1.54, 1.807) is 30.2 Å². The van der Waals surface area contributed by atoms with Crippen LogP contribution in [0.15, 0.2) is 54.6 Å². The van der Waals surface area contributed by atoms with E-state index < -0.39 is 6.61 Å². The number of ether oxygens (including phenoxy) is 2. The molecule has 27 heavy (non-hydrogen) atoms. The SMILES string of the molecule is COc1ccc([C@H]2CCCN2C(=O)/C=C\c2ccccc2OC(F)F)cc1. The van der Waals surface area contributed by atoms with Gasteiger partial charge < -0.3 is 14.4 Å². The van der Waals surface area contributed by atoms with Gasteiger partial charge in [-0.2, -0.15) is 8.78 Å². The fourth-order valence-corrected chi connectivity index (χ4v) is 3.28. The van der Waals surface area contributed by atoms with E-state index in [9.17, 15) is 13.6 Å². The van der Waals surface area contributed by atoms with E-state index in [4.69, 9.17) is 4.74 Å². The summed E-state index contributed by atoms with van der Waals surface area (Å²) in [5.74, 6) is 0.662. The van der Waals surface area contributed by atoms with Gasteiger partial charge in [-0.05, 0) is 42.7 Å². The first-order valence-electron chi connectivity index (χ1n) is 8.75. The van der Waals surface area contributed by atoms with Gasteiger partial charge in [0.05, 0.1) is 13.2 Å². The number of hydrogen-bond acceptors (Lipinski definition) is 3. The molecule has 1 heterocycles. The highest BCUT2D eigenvalue weighted by atomic mass is 19.3. The highest BCUT2D eigenvalue weighted by Gasteiger charge is 2.28. The second kappa shape index (κ2) is 8.66. The maximum absolute atomic E-state index is 12.7. The van der Waals surface area contributed by atoms with Crippen molar-refractivity contribution in [1.82, 2.24) is 4.90 Å². The minimum Gasteiger partial charge on any atom is -0.497 e. The molecular formula is C21H21F2NO3. The van der Waals surface area contributed by atoms with Gasteiger partial charge in [0.15, 0.2) is 0 Å². The van der Waals surface area contributed by atoms with Crippen LogP contribution in [0.4, 0.5) is 8.78 Å².